The molecule has 1 N–H and O–H groups in total. The molecular weight excluding hydrogens is 464 g/mol. The lowest BCUT2D eigenvalue weighted by atomic mass is 9.86. The molecule has 1 saturated heterocycles. The number of pyridine rings is 1. The highest BCUT2D eigenvalue weighted by Crippen LogP contribution is 2.36. The molecule has 0 spiro atoms. The number of benzene rings is 1. The summed E-state index contributed by atoms with van der Waals surface area (Å²) >= 11 is 0. The van der Waals surface area contributed by atoms with Crippen molar-refractivity contribution >= 4 is 30.1 Å². The number of fused-ring (bicyclic) bond motifs is 1. The molecule has 1 fully saturated rings. The van der Waals surface area contributed by atoms with E-state index in [-0.39, 0.29) is 42.0 Å². The minimum Gasteiger partial charge on any atom is -0.347 e. The van der Waals surface area contributed by atoms with Crippen molar-refractivity contribution in [3.8, 4) is 0 Å². The molecule has 8 heteroatoms. The molecule has 7 nitrogen and oxygen atoms in total. The number of carbonyl (C=O) groups excluding carboxylic acids is 3. The molecule has 4 rings (SSSR count). The van der Waals surface area contributed by atoms with Gasteiger partial charge in [0, 0.05) is 31.5 Å². The largest absolute Gasteiger partial charge is 0.347 e. The SMILES string of the molecule is CC[C@H](C)[C@@H]1C(=O)N[C@H](C2Cc3ccccc3C2)C(=O)N1[C@@H](C(=O)N(C)C)c1ccc(C)nc1.Cl. The van der Waals surface area contributed by atoms with Crippen LogP contribution in [0.15, 0.2) is 42.6 Å². The number of carbonyl (C=O) groups is 3. The Bertz CT molecular complexity index is 1060. The average molecular weight is 499 g/mol. The zero-order valence-electron chi connectivity index (χ0n) is 21.0. The molecule has 1 aliphatic carbocycles. The van der Waals surface area contributed by atoms with Crippen molar-refractivity contribution in [3.05, 3.63) is 65.0 Å². The molecule has 2 aliphatic rings. The fourth-order valence-corrected chi connectivity index (χ4v) is 5.22. The monoisotopic (exact) mass is 498 g/mol. The lowest BCUT2D eigenvalue weighted by molar-refractivity contribution is -0.161. The van der Waals surface area contributed by atoms with Crippen molar-refractivity contribution in [2.24, 2.45) is 11.8 Å². The second-order valence-corrected chi connectivity index (χ2v) is 9.87. The summed E-state index contributed by atoms with van der Waals surface area (Å²) in [6.07, 6.45) is 3.81. The molecular formula is C27H35ClN4O3. The van der Waals surface area contributed by atoms with Crippen molar-refractivity contribution in [1.29, 1.82) is 0 Å². The van der Waals surface area contributed by atoms with Gasteiger partial charge in [-0.3, -0.25) is 19.4 Å². The highest BCUT2D eigenvalue weighted by Gasteiger charge is 2.50. The fourth-order valence-electron chi connectivity index (χ4n) is 5.22. The molecule has 1 aromatic carbocycles. The summed E-state index contributed by atoms with van der Waals surface area (Å²) in [7, 11) is 3.35. The first kappa shape index (κ1) is 26.7. The van der Waals surface area contributed by atoms with Gasteiger partial charge in [-0.2, -0.15) is 0 Å². The van der Waals surface area contributed by atoms with Gasteiger partial charge in [0.25, 0.3) is 0 Å². The quantitative estimate of drug-likeness (QED) is 0.663. The zero-order chi connectivity index (χ0) is 24.6. The number of aryl methyl sites for hydroxylation is 1. The van der Waals surface area contributed by atoms with Crippen LogP contribution in [0, 0.1) is 18.8 Å². The van der Waals surface area contributed by atoms with E-state index < -0.39 is 18.1 Å². The van der Waals surface area contributed by atoms with Crippen LogP contribution in [0.2, 0.25) is 0 Å². The van der Waals surface area contributed by atoms with Gasteiger partial charge in [-0.25, -0.2) is 0 Å². The normalized spacial score (nSPS) is 21.6. The predicted octanol–water partition coefficient (Wildman–Crippen LogP) is 3.10. The third-order valence-electron chi connectivity index (χ3n) is 7.33. The van der Waals surface area contributed by atoms with Gasteiger partial charge in [0.2, 0.25) is 17.7 Å². The van der Waals surface area contributed by atoms with Gasteiger partial charge in [0.15, 0.2) is 0 Å². The Balaban J connectivity index is 0.00000342. The summed E-state index contributed by atoms with van der Waals surface area (Å²) in [6, 6.07) is 9.54. The standard InChI is InChI=1S/C27H34N4O3.ClH/c1-6-16(2)23-25(32)29-22(21-13-18-9-7-8-10-19(18)14-21)26(33)31(23)24(27(34)30(4)5)20-12-11-17(3)28-15-20;/h7-12,15-16,21-24H,6,13-14H2,1-5H3,(H,29,32);1H/t16-,22+,23+,24+;/m0./s1. The van der Waals surface area contributed by atoms with Crippen LogP contribution < -0.4 is 5.32 Å². The summed E-state index contributed by atoms with van der Waals surface area (Å²) in [6.45, 7) is 5.83. The first-order valence-electron chi connectivity index (χ1n) is 12.1. The first-order chi connectivity index (χ1) is 16.2. The van der Waals surface area contributed by atoms with E-state index in [4.69, 9.17) is 0 Å². The van der Waals surface area contributed by atoms with Gasteiger partial charge in [-0.1, -0.05) is 50.6 Å². The third kappa shape index (κ3) is 5.06. The number of aromatic nitrogens is 1. The molecule has 0 unspecified atom stereocenters. The topological polar surface area (TPSA) is 82.6 Å². The van der Waals surface area contributed by atoms with Gasteiger partial charge in [-0.05, 0) is 48.8 Å². The second-order valence-electron chi connectivity index (χ2n) is 9.87. The number of nitrogens with one attached hydrogen (secondary N) is 1. The van der Waals surface area contributed by atoms with E-state index in [0.29, 0.717) is 12.0 Å². The number of rotatable bonds is 6. The molecule has 2 heterocycles. The number of hydrogen-bond acceptors (Lipinski definition) is 4. The molecule has 1 aliphatic heterocycles. The van der Waals surface area contributed by atoms with Crippen molar-refractivity contribution in [3.63, 3.8) is 0 Å². The summed E-state index contributed by atoms with van der Waals surface area (Å²) in [5, 5.41) is 3.05. The van der Waals surface area contributed by atoms with E-state index in [1.54, 1.807) is 25.2 Å². The summed E-state index contributed by atoms with van der Waals surface area (Å²) < 4.78 is 0. The van der Waals surface area contributed by atoms with Crippen molar-refractivity contribution < 1.29 is 14.4 Å². The number of amides is 3. The maximum atomic E-state index is 14.2. The maximum Gasteiger partial charge on any atom is 0.249 e. The van der Waals surface area contributed by atoms with Crippen LogP contribution in [0.25, 0.3) is 0 Å². The van der Waals surface area contributed by atoms with Crippen LogP contribution in [0.5, 0.6) is 0 Å². The molecule has 0 radical (unpaired) electrons. The Morgan fingerprint density at radius 1 is 1.14 bits per heavy atom. The van der Waals surface area contributed by atoms with Crippen molar-refractivity contribution in [1.82, 2.24) is 20.1 Å². The summed E-state index contributed by atoms with van der Waals surface area (Å²) in [5.74, 6) is -0.771. The number of hydrogen-bond donors (Lipinski definition) is 1. The lowest BCUT2D eigenvalue weighted by Gasteiger charge is -2.46. The van der Waals surface area contributed by atoms with E-state index in [9.17, 15) is 14.4 Å². The minimum atomic E-state index is -0.910. The summed E-state index contributed by atoms with van der Waals surface area (Å²) in [4.78, 5) is 48.6. The van der Waals surface area contributed by atoms with Crippen LogP contribution in [-0.4, -0.2) is 58.7 Å². The van der Waals surface area contributed by atoms with Gasteiger partial charge in [-0.15, -0.1) is 12.4 Å². The number of halogens is 1. The Labute approximate surface area is 213 Å². The van der Waals surface area contributed by atoms with Crippen LogP contribution in [0.3, 0.4) is 0 Å². The molecule has 2 aromatic rings. The Kier molecular flexibility index (Phi) is 8.21. The second kappa shape index (κ2) is 10.8. The molecule has 4 atom stereocenters. The van der Waals surface area contributed by atoms with Crippen molar-refractivity contribution in [2.45, 2.75) is 58.2 Å². The van der Waals surface area contributed by atoms with E-state index in [2.05, 4.69) is 22.4 Å². The van der Waals surface area contributed by atoms with Crippen LogP contribution in [0.1, 0.15) is 48.7 Å². The Morgan fingerprint density at radius 3 is 2.29 bits per heavy atom. The number of piperazine rings is 1. The summed E-state index contributed by atoms with van der Waals surface area (Å²) in [5.41, 5.74) is 3.87. The van der Waals surface area contributed by atoms with Gasteiger partial charge < -0.3 is 15.1 Å². The number of nitrogens with zero attached hydrogens (tertiary/aromatic N) is 3. The maximum absolute atomic E-state index is 14.2. The van der Waals surface area contributed by atoms with E-state index in [1.165, 1.54) is 16.0 Å². The molecule has 0 bridgehead atoms. The van der Waals surface area contributed by atoms with E-state index in [0.717, 1.165) is 18.5 Å². The average Bonchev–Trinajstić information content (AvgIpc) is 3.25. The third-order valence-corrected chi connectivity index (χ3v) is 7.33. The van der Waals surface area contributed by atoms with E-state index >= 15 is 0 Å². The van der Waals surface area contributed by atoms with Crippen LogP contribution in [0.4, 0.5) is 0 Å². The molecule has 1 aromatic heterocycles. The van der Waals surface area contributed by atoms with Crippen molar-refractivity contribution in [2.75, 3.05) is 14.1 Å². The molecule has 3 amide bonds. The fraction of sp³-hybridized carbons (Fsp3) is 0.481. The van der Waals surface area contributed by atoms with E-state index in [1.807, 2.05) is 45.0 Å². The van der Waals surface area contributed by atoms with Gasteiger partial charge in [0.1, 0.15) is 18.1 Å². The first-order valence-corrected chi connectivity index (χ1v) is 12.1. The lowest BCUT2D eigenvalue weighted by Crippen LogP contribution is -2.68. The Hall–Kier alpha value is -2.93. The highest BCUT2D eigenvalue weighted by atomic mass is 35.5. The van der Waals surface area contributed by atoms with Gasteiger partial charge >= 0.3 is 0 Å². The molecule has 35 heavy (non-hydrogen) atoms. The van der Waals surface area contributed by atoms with Crippen LogP contribution in [-0.2, 0) is 27.2 Å². The van der Waals surface area contributed by atoms with Gasteiger partial charge in [0.05, 0.1) is 0 Å². The smallest absolute Gasteiger partial charge is 0.249 e. The number of likely N-dealkylation sites (N-methyl/N-ethyl adjacent to an activating group) is 1. The highest BCUT2D eigenvalue weighted by molar-refractivity contribution is 6.00. The van der Waals surface area contributed by atoms with Crippen LogP contribution >= 0.6 is 12.4 Å². The molecule has 0 saturated carbocycles. The zero-order valence-corrected chi connectivity index (χ0v) is 21.8. The Morgan fingerprint density at radius 2 is 1.77 bits per heavy atom. The minimum absolute atomic E-state index is 0. The predicted molar refractivity (Wildman–Crippen MR) is 137 cm³/mol. The molecule has 188 valence electrons.